The van der Waals surface area contributed by atoms with Gasteiger partial charge in [-0.25, -0.2) is 4.98 Å². The first-order valence-corrected chi connectivity index (χ1v) is 7.87. The van der Waals surface area contributed by atoms with Crippen LogP contribution >= 0.6 is 0 Å². The molecule has 114 valence electrons. The zero-order chi connectivity index (χ0) is 15.8. The second-order valence-electron chi connectivity index (χ2n) is 5.91. The van der Waals surface area contributed by atoms with Crippen molar-refractivity contribution < 1.29 is 0 Å². The Labute approximate surface area is 136 Å². The molecule has 1 aliphatic heterocycles. The highest BCUT2D eigenvalue weighted by Gasteiger charge is 2.29. The Morgan fingerprint density at radius 3 is 2.26 bits per heavy atom. The summed E-state index contributed by atoms with van der Waals surface area (Å²) in [5, 5.41) is 0. The third-order valence-corrected chi connectivity index (χ3v) is 4.30. The lowest BCUT2D eigenvalue weighted by molar-refractivity contribution is 0.974. The lowest BCUT2D eigenvalue weighted by Gasteiger charge is -2.22. The second-order valence-corrected chi connectivity index (χ2v) is 5.91. The van der Waals surface area contributed by atoms with Crippen LogP contribution in [0.15, 0.2) is 66.7 Å². The number of aromatic nitrogens is 1. The molecule has 3 nitrogen and oxygen atoms in total. The molecule has 1 aliphatic rings. The molecule has 2 aromatic carbocycles. The van der Waals surface area contributed by atoms with E-state index in [1.807, 2.05) is 13.0 Å². The summed E-state index contributed by atoms with van der Waals surface area (Å²) < 4.78 is 0. The highest BCUT2D eigenvalue weighted by Crippen LogP contribution is 2.43. The van der Waals surface area contributed by atoms with Crippen LogP contribution in [0.2, 0.25) is 0 Å². The molecule has 0 saturated heterocycles. The summed E-state index contributed by atoms with van der Waals surface area (Å²) in [6, 6.07) is 23.2. The van der Waals surface area contributed by atoms with E-state index in [0.717, 1.165) is 23.9 Å². The van der Waals surface area contributed by atoms with Gasteiger partial charge in [-0.1, -0.05) is 36.4 Å². The molecule has 0 atom stereocenters. The van der Waals surface area contributed by atoms with Gasteiger partial charge >= 0.3 is 0 Å². The summed E-state index contributed by atoms with van der Waals surface area (Å²) in [6.45, 7) is 4.97. The number of benzene rings is 2. The third-order valence-electron chi connectivity index (χ3n) is 4.30. The van der Waals surface area contributed by atoms with E-state index in [4.69, 9.17) is 4.98 Å². The smallest absolute Gasteiger partial charge is 0.158 e. The fourth-order valence-electron chi connectivity index (χ4n) is 3.11. The van der Waals surface area contributed by atoms with Gasteiger partial charge in [0.1, 0.15) is 6.67 Å². The van der Waals surface area contributed by atoms with Crippen LogP contribution in [0, 0.1) is 13.8 Å². The van der Waals surface area contributed by atoms with Gasteiger partial charge in [-0.15, -0.1) is 0 Å². The number of nitrogens with zero attached hydrogens (tertiary/aromatic N) is 3. The van der Waals surface area contributed by atoms with Crippen molar-refractivity contribution >= 4 is 22.9 Å². The van der Waals surface area contributed by atoms with Crippen LogP contribution in [0.25, 0.3) is 0 Å². The average Bonchev–Trinajstić information content (AvgIpc) is 2.94. The quantitative estimate of drug-likeness (QED) is 0.668. The average molecular weight is 301 g/mol. The fourth-order valence-corrected chi connectivity index (χ4v) is 3.11. The van der Waals surface area contributed by atoms with Crippen molar-refractivity contribution in [2.45, 2.75) is 13.8 Å². The molecule has 3 aromatic rings. The Morgan fingerprint density at radius 1 is 0.739 bits per heavy atom. The predicted molar refractivity (Wildman–Crippen MR) is 95.7 cm³/mol. The van der Waals surface area contributed by atoms with E-state index in [9.17, 15) is 0 Å². The standard InChI is InChI=1S/C20H19N3/c1-15-8-6-7-11-18(15)23-14-22(17-9-4-3-5-10-17)20-19(23)13-12-16(2)21-20/h3-13H,14H2,1-2H3. The third kappa shape index (κ3) is 2.34. The monoisotopic (exact) mass is 301 g/mol. The number of aryl methyl sites for hydroxylation is 2. The van der Waals surface area contributed by atoms with E-state index < -0.39 is 0 Å². The minimum atomic E-state index is 0.778. The number of pyridine rings is 1. The van der Waals surface area contributed by atoms with Crippen molar-refractivity contribution in [3.05, 3.63) is 78.0 Å². The van der Waals surface area contributed by atoms with Crippen molar-refractivity contribution in [3.63, 3.8) is 0 Å². The predicted octanol–water partition coefficient (Wildman–Crippen LogP) is 4.95. The van der Waals surface area contributed by atoms with E-state index >= 15 is 0 Å². The van der Waals surface area contributed by atoms with Crippen LogP contribution in [-0.4, -0.2) is 11.7 Å². The number of rotatable bonds is 2. The summed E-state index contributed by atoms with van der Waals surface area (Å²) in [5.74, 6) is 1.03. The maximum atomic E-state index is 4.80. The van der Waals surface area contributed by atoms with E-state index in [-0.39, 0.29) is 0 Å². The molecule has 0 aliphatic carbocycles. The van der Waals surface area contributed by atoms with Crippen LogP contribution in [0.1, 0.15) is 11.3 Å². The zero-order valence-corrected chi connectivity index (χ0v) is 13.4. The molecule has 4 rings (SSSR count). The van der Waals surface area contributed by atoms with Crippen LogP contribution in [0.4, 0.5) is 22.9 Å². The second kappa shape index (κ2) is 5.43. The van der Waals surface area contributed by atoms with E-state index in [1.54, 1.807) is 0 Å². The minimum absolute atomic E-state index is 0.778. The molecular weight excluding hydrogens is 282 g/mol. The first kappa shape index (κ1) is 13.8. The van der Waals surface area contributed by atoms with E-state index in [1.165, 1.54) is 16.9 Å². The van der Waals surface area contributed by atoms with Gasteiger partial charge in [0.25, 0.3) is 0 Å². The molecule has 0 spiro atoms. The highest BCUT2D eigenvalue weighted by molar-refractivity contribution is 5.85. The van der Waals surface area contributed by atoms with Crippen molar-refractivity contribution in [1.29, 1.82) is 0 Å². The summed E-state index contributed by atoms with van der Waals surface area (Å²) in [4.78, 5) is 9.41. The Kier molecular flexibility index (Phi) is 3.27. The summed E-state index contributed by atoms with van der Waals surface area (Å²) in [7, 11) is 0. The van der Waals surface area contributed by atoms with Gasteiger partial charge in [-0.2, -0.15) is 0 Å². The molecule has 0 fully saturated rings. The molecule has 23 heavy (non-hydrogen) atoms. The molecule has 0 bridgehead atoms. The lowest BCUT2D eigenvalue weighted by atomic mass is 10.2. The van der Waals surface area contributed by atoms with Gasteiger partial charge in [0.2, 0.25) is 0 Å². The molecule has 0 saturated carbocycles. The maximum Gasteiger partial charge on any atom is 0.158 e. The van der Waals surface area contributed by atoms with Crippen LogP contribution in [0.5, 0.6) is 0 Å². The molecule has 2 heterocycles. The Balaban J connectivity index is 1.85. The molecule has 0 unspecified atom stereocenters. The van der Waals surface area contributed by atoms with Crippen molar-refractivity contribution in [1.82, 2.24) is 4.98 Å². The summed E-state index contributed by atoms with van der Waals surface area (Å²) >= 11 is 0. The largest absolute Gasteiger partial charge is 0.319 e. The Bertz CT molecular complexity index is 843. The lowest BCUT2D eigenvalue weighted by Crippen LogP contribution is -2.24. The first-order chi connectivity index (χ1) is 11.2. The number of anilines is 4. The molecule has 0 radical (unpaired) electrons. The number of para-hydroxylation sites is 2. The number of hydrogen-bond acceptors (Lipinski definition) is 3. The van der Waals surface area contributed by atoms with Crippen molar-refractivity contribution in [2.75, 3.05) is 16.5 Å². The molecule has 0 N–H and O–H groups in total. The number of hydrogen-bond donors (Lipinski definition) is 0. The minimum Gasteiger partial charge on any atom is -0.319 e. The Hall–Kier alpha value is -2.81. The summed E-state index contributed by atoms with van der Waals surface area (Å²) in [5.41, 5.74) is 5.87. The van der Waals surface area contributed by atoms with Gasteiger partial charge in [0.05, 0.1) is 5.69 Å². The van der Waals surface area contributed by atoms with Gasteiger partial charge in [0, 0.05) is 17.1 Å². The van der Waals surface area contributed by atoms with E-state index in [2.05, 4.69) is 77.4 Å². The normalized spacial score (nSPS) is 13.3. The van der Waals surface area contributed by atoms with Gasteiger partial charge < -0.3 is 9.80 Å². The molecule has 0 amide bonds. The van der Waals surface area contributed by atoms with Crippen LogP contribution < -0.4 is 9.80 Å². The van der Waals surface area contributed by atoms with Gasteiger partial charge in [0.15, 0.2) is 5.82 Å². The van der Waals surface area contributed by atoms with Crippen molar-refractivity contribution in [3.8, 4) is 0 Å². The Morgan fingerprint density at radius 2 is 1.48 bits per heavy atom. The maximum absolute atomic E-state index is 4.80. The SMILES string of the molecule is Cc1ccc2c(n1)N(c1ccccc1)CN2c1ccccc1C. The molecular formula is C20H19N3. The highest BCUT2D eigenvalue weighted by atomic mass is 15.4. The molecule has 1 aromatic heterocycles. The molecule has 3 heteroatoms. The van der Waals surface area contributed by atoms with Crippen LogP contribution in [0.3, 0.4) is 0 Å². The van der Waals surface area contributed by atoms with Gasteiger partial charge in [-0.3, -0.25) is 0 Å². The summed E-state index contributed by atoms with van der Waals surface area (Å²) in [6.07, 6.45) is 0. The van der Waals surface area contributed by atoms with Crippen molar-refractivity contribution in [2.24, 2.45) is 0 Å². The van der Waals surface area contributed by atoms with E-state index in [0.29, 0.717) is 0 Å². The van der Waals surface area contributed by atoms with Gasteiger partial charge in [-0.05, 0) is 49.7 Å². The number of fused-ring (bicyclic) bond motifs is 1. The topological polar surface area (TPSA) is 19.4 Å². The first-order valence-electron chi connectivity index (χ1n) is 7.87. The van der Waals surface area contributed by atoms with Crippen LogP contribution in [-0.2, 0) is 0 Å². The zero-order valence-electron chi connectivity index (χ0n) is 13.4. The fraction of sp³-hybridized carbons (Fsp3) is 0.150.